The Balaban J connectivity index is 1.85. The Bertz CT molecular complexity index is 179. The fourth-order valence-electron chi connectivity index (χ4n) is 2.39. The zero-order valence-electron chi connectivity index (χ0n) is 7.63. The summed E-state index contributed by atoms with van der Waals surface area (Å²) in [5.74, 6) is 1.05. The second-order valence-corrected chi connectivity index (χ2v) is 4.36. The summed E-state index contributed by atoms with van der Waals surface area (Å²) in [6.45, 7) is 3.90. The van der Waals surface area contributed by atoms with Crippen LogP contribution in [0.1, 0.15) is 38.5 Å². The molecule has 0 bridgehead atoms. The first-order chi connectivity index (χ1) is 5.79. The van der Waals surface area contributed by atoms with Crippen LogP contribution in [0.25, 0.3) is 0 Å². The first-order valence-corrected chi connectivity index (χ1v) is 5.15. The van der Waals surface area contributed by atoms with E-state index in [9.17, 15) is 5.11 Å². The van der Waals surface area contributed by atoms with Gasteiger partial charge < -0.3 is 5.11 Å². The molecule has 2 rings (SSSR count). The van der Waals surface area contributed by atoms with Crippen molar-refractivity contribution in [3.8, 4) is 0 Å². The molecule has 0 saturated heterocycles. The van der Waals surface area contributed by atoms with Crippen LogP contribution in [0.15, 0.2) is 12.2 Å². The zero-order chi connectivity index (χ0) is 8.55. The topological polar surface area (TPSA) is 20.2 Å². The van der Waals surface area contributed by atoms with Crippen molar-refractivity contribution in [2.24, 2.45) is 11.8 Å². The molecule has 2 saturated carbocycles. The Morgan fingerprint density at radius 1 is 1.25 bits per heavy atom. The van der Waals surface area contributed by atoms with Gasteiger partial charge in [0.1, 0.15) is 0 Å². The average molecular weight is 166 g/mol. The van der Waals surface area contributed by atoms with E-state index in [1.165, 1.54) is 37.7 Å². The Kier molecular flexibility index (Phi) is 2.22. The normalized spacial score (nSPS) is 33.4. The highest BCUT2D eigenvalue weighted by atomic mass is 16.3. The van der Waals surface area contributed by atoms with Gasteiger partial charge in [0.2, 0.25) is 0 Å². The Morgan fingerprint density at radius 2 is 1.83 bits per heavy atom. The van der Waals surface area contributed by atoms with Crippen molar-refractivity contribution < 1.29 is 5.11 Å². The van der Waals surface area contributed by atoms with Gasteiger partial charge >= 0.3 is 0 Å². The van der Waals surface area contributed by atoms with Gasteiger partial charge in [-0.2, -0.15) is 0 Å². The largest absolute Gasteiger partial charge is 0.392 e. The number of aliphatic hydroxyl groups excluding tert-OH is 1. The lowest BCUT2D eigenvalue weighted by Crippen LogP contribution is -2.24. The molecule has 0 aromatic heterocycles. The SMILES string of the molecule is C=C1C[C@@H]1[C@H](O)C1CCCCC1. The van der Waals surface area contributed by atoms with E-state index in [0.717, 1.165) is 6.42 Å². The van der Waals surface area contributed by atoms with E-state index in [4.69, 9.17) is 0 Å². The molecule has 68 valence electrons. The molecule has 0 aromatic rings. The predicted octanol–water partition coefficient (Wildman–Crippen LogP) is 2.50. The maximum Gasteiger partial charge on any atom is 0.0636 e. The maximum atomic E-state index is 9.92. The maximum absolute atomic E-state index is 9.92. The summed E-state index contributed by atoms with van der Waals surface area (Å²) in [6, 6.07) is 0. The fourth-order valence-corrected chi connectivity index (χ4v) is 2.39. The molecule has 1 heteroatoms. The fraction of sp³-hybridized carbons (Fsp3) is 0.818. The van der Waals surface area contributed by atoms with Crippen molar-refractivity contribution in [1.29, 1.82) is 0 Å². The second-order valence-electron chi connectivity index (χ2n) is 4.36. The molecule has 0 aliphatic heterocycles. The van der Waals surface area contributed by atoms with Gasteiger partial charge in [-0.05, 0) is 25.2 Å². The molecule has 2 aliphatic rings. The summed E-state index contributed by atoms with van der Waals surface area (Å²) >= 11 is 0. The van der Waals surface area contributed by atoms with Gasteiger partial charge in [-0.3, -0.25) is 0 Å². The van der Waals surface area contributed by atoms with Gasteiger partial charge in [0.05, 0.1) is 6.10 Å². The number of hydrogen-bond donors (Lipinski definition) is 1. The first kappa shape index (κ1) is 8.31. The van der Waals surface area contributed by atoms with Crippen molar-refractivity contribution in [2.75, 3.05) is 0 Å². The van der Waals surface area contributed by atoms with Gasteiger partial charge in [0.25, 0.3) is 0 Å². The summed E-state index contributed by atoms with van der Waals surface area (Å²) in [7, 11) is 0. The summed E-state index contributed by atoms with van der Waals surface area (Å²) in [6.07, 6.45) is 7.52. The van der Waals surface area contributed by atoms with E-state index in [-0.39, 0.29) is 6.10 Å². The Labute approximate surface area is 74.5 Å². The Hall–Kier alpha value is -0.300. The number of aliphatic hydroxyl groups is 1. The lowest BCUT2D eigenvalue weighted by molar-refractivity contribution is 0.0697. The van der Waals surface area contributed by atoms with Gasteiger partial charge in [-0.1, -0.05) is 31.4 Å². The lowest BCUT2D eigenvalue weighted by atomic mass is 9.83. The highest BCUT2D eigenvalue weighted by Crippen LogP contribution is 2.43. The van der Waals surface area contributed by atoms with Crippen molar-refractivity contribution >= 4 is 0 Å². The molecule has 0 amide bonds. The number of rotatable bonds is 2. The summed E-state index contributed by atoms with van der Waals surface area (Å²) in [5.41, 5.74) is 1.27. The molecule has 2 atom stereocenters. The molecule has 0 spiro atoms. The van der Waals surface area contributed by atoms with Crippen LogP contribution in [-0.2, 0) is 0 Å². The summed E-state index contributed by atoms with van der Waals surface area (Å²) in [5, 5.41) is 9.92. The minimum Gasteiger partial charge on any atom is -0.392 e. The zero-order valence-corrected chi connectivity index (χ0v) is 7.63. The summed E-state index contributed by atoms with van der Waals surface area (Å²) < 4.78 is 0. The van der Waals surface area contributed by atoms with Crippen LogP contribution in [0.2, 0.25) is 0 Å². The van der Waals surface area contributed by atoms with E-state index in [1.54, 1.807) is 0 Å². The summed E-state index contributed by atoms with van der Waals surface area (Å²) in [4.78, 5) is 0. The minimum atomic E-state index is -0.0576. The Morgan fingerprint density at radius 3 is 2.33 bits per heavy atom. The third kappa shape index (κ3) is 1.56. The van der Waals surface area contributed by atoms with E-state index < -0.39 is 0 Å². The van der Waals surface area contributed by atoms with Crippen LogP contribution >= 0.6 is 0 Å². The lowest BCUT2D eigenvalue weighted by Gasteiger charge is -2.26. The minimum absolute atomic E-state index is 0.0576. The van der Waals surface area contributed by atoms with Crippen LogP contribution in [0.4, 0.5) is 0 Å². The molecule has 0 unspecified atom stereocenters. The van der Waals surface area contributed by atoms with Crippen LogP contribution in [-0.4, -0.2) is 11.2 Å². The van der Waals surface area contributed by atoms with E-state index >= 15 is 0 Å². The molecule has 0 radical (unpaired) electrons. The smallest absolute Gasteiger partial charge is 0.0636 e. The first-order valence-electron chi connectivity index (χ1n) is 5.15. The van der Waals surface area contributed by atoms with Crippen molar-refractivity contribution in [3.63, 3.8) is 0 Å². The molecule has 2 aliphatic carbocycles. The molecule has 0 heterocycles. The molecule has 12 heavy (non-hydrogen) atoms. The molecular weight excluding hydrogens is 148 g/mol. The molecular formula is C11H18O. The average Bonchev–Trinajstić information content (AvgIpc) is 2.83. The monoisotopic (exact) mass is 166 g/mol. The van der Waals surface area contributed by atoms with E-state index in [1.807, 2.05) is 0 Å². The van der Waals surface area contributed by atoms with Crippen LogP contribution in [0.5, 0.6) is 0 Å². The highest BCUT2D eigenvalue weighted by Gasteiger charge is 2.38. The van der Waals surface area contributed by atoms with Crippen LogP contribution in [0.3, 0.4) is 0 Å². The van der Waals surface area contributed by atoms with E-state index in [2.05, 4.69) is 6.58 Å². The number of hydrogen-bond acceptors (Lipinski definition) is 1. The third-order valence-electron chi connectivity index (χ3n) is 3.39. The molecule has 0 aromatic carbocycles. The van der Waals surface area contributed by atoms with Crippen molar-refractivity contribution in [1.82, 2.24) is 0 Å². The van der Waals surface area contributed by atoms with E-state index in [0.29, 0.717) is 11.8 Å². The van der Waals surface area contributed by atoms with Crippen molar-refractivity contribution in [3.05, 3.63) is 12.2 Å². The third-order valence-corrected chi connectivity index (χ3v) is 3.39. The van der Waals surface area contributed by atoms with Crippen molar-refractivity contribution in [2.45, 2.75) is 44.6 Å². The molecule has 2 fully saturated rings. The van der Waals surface area contributed by atoms with Crippen LogP contribution < -0.4 is 0 Å². The van der Waals surface area contributed by atoms with Gasteiger partial charge in [0, 0.05) is 5.92 Å². The highest BCUT2D eigenvalue weighted by molar-refractivity contribution is 5.21. The van der Waals surface area contributed by atoms with Gasteiger partial charge in [0.15, 0.2) is 0 Å². The van der Waals surface area contributed by atoms with Crippen LogP contribution in [0, 0.1) is 11.8 Å². The molecule has 1 N–H and O–H groups in total. The quantitative estimate of drug-likeness (QED) is 0.625. The second kappa shape index (κ2) is 3.21. The standard InChI is InChI=1S/C11H18O/c1-8-7-10(8)11(12)9-5-3-2-4-6-9/h9-12H,1-7H2/t10-,11+/m0/s1. The van der Waals surface area contributed by atoms with Gasteiger partial charge in [-0.15, -0.1) is 0 Å². The predicted molar refractivity (Wildman–Crippen MR) is 49.8 cm³/mol. The molecule has 1 nitrogen and oxygen atoms in total. The van der Waals surface area contributed by atoms with Gasteiger partial charge in [-0.25, -0.2) is 0 Å².